The lowest BCUT2D eigenvalue weighted by atomic mass is 10.2. The van der Waals surface area contributed by atoms with Crippen molar-refractivity contribution in [3.63, 3.8) is 0 Å². The number of aromatic hydroxyl groups is 1. The van der Waals surface area contributed by atoms with Gasteiger partial charge in [-0.1, -0.05) is 6.07 Å². The second-order valence-electron chi connectivity index (χ2n) is 3.87. The summed E-state index contributed by atoms with van der Waals surface area (Å²) < 4.78 is 68.9. The molecule has 0 saturated heterocycles. The summed E-state index contributed by atoms with van der Waals surface area (Å²) in [5.74, 6) is -4.26. The van der Waals surface area contributed by atoms with E-state index < -0.39 is 29.1 Å². The van der Waals surface area contributed by atoms with Gasteiger partial charge in [0.15, 0.2) is 17.4 Å². The molecular weight excluding hydrogens is 283 g/mol. The van der Waals surface area contributed by atoms with Crippen LogP contribution in [0.15, 0.2) is 36.4 Å². The first-order chi connectivity index (χ1) is 9.27. The van der Waals surface area contributed by atoms with Crippen LogP contribution in [0.5, 0.6) is 17.2 Å². The summed E-state index contributed by atoms with van der Waals surface area (Å²) in [5, 5.41) is 9.16. The summed E-state index contributed by atoms with van der Waals surface area (Å²) in [4.78, 5) is 0. The van der Waals surface area contributed by atoms with Gasteiger partial charge < -0.3 is 9.84 Å². The van der Waals surface area contributed by atoms with Gasteiger partial charge in [-0.05, 0) is 24.3 Å². The summed E-state index contributed by atoms with van der Waals surface area (Å²) in [7, 11) is 0. The minimum atomic E-state index is -4.86. The molecule has 0 unspecified atom stereocenters. The highest BCUT2D eigenvalue weighted by molar-refractivity contribution is 5.39. The average Bonchev–Trinajstić information content (AvgIpc) is 2.32. The summed E-state index contributed by atoms with van der Waals surface area (Å²) >= 11 is 0. The molecule has 2 aromatic rings. The Morgan fingerprint density at radius 1 is 0.950 bits per heavy atom. The van der Waals surface area contributed by atoms with Crippen molar-refractivity contribution >= 4 is 0 Å². The number of hydrogen-bond donors (Lipinski definition) is 1. The van der Waals surface area contributed by atoms with Crippen molar-refractivity contribution in [1.82, 2.24) is 0 Å². The fourth-order valence-corrected chi connectivity index (χ4v) is 1.49. The van der Waals surface area contributed by atoms with Crippen molar-refractivity contribution in [1.29, 1.82) is 0 Å². The fraction of sp³-hybridized carbons (Fsp3) is 0.0769. The van der Waals surface area contributed by atoms with Gasteiger partial charge in [0, 0.05) is 6.07 Å². The van der Waals surface area contributed by atoms with E-state index in [0.29, 0.717) is 0 Å². The molecule has 0 aliphatic heterocycles. The first kappa shape index (κ1) is 14.1. The standard InChI is InChI=1S/C13H7F5O2/c14-10-4-7(13(16,17)18)5-11(15)12(10)20-9-3-1-2-8(19)6-9/h1-6,19H. The quantitative estimate of drug-likeness (QED) is 0.826. The zero-order valence-corrected chi connectivity index (χ0v) is 9.71. The van der Waals surface area contributed by atoms with Gasteiger partial charge in [0.05, 0.1) is 5.56 Å². The van der Waals surface area contributed by atoms with Crippen LogP contribution in [0.1, 0.15) is 5.56 Å². The highest BCUT2D eigenvalue weighted by atomic mass is 19.4. The van der Waals surface area contributed by atoms with Gasteiger partial charge in [0.25, 0.3) is 0 Å². The number of hydrogen-bond acceptors (Lipinski definition) is 2. The van der Waals surface area contributed by atoms with E-state index in [2.05, 4.69) is 0 Å². The number of phenolic OH excluding ortho intramolecular Hbond substituents is 1. The Labute approximate surface area is 110 Å². The Balaban J connectivity index is 2.38. The molecule has 2 nitrogen and oxygen atoms in total. The van der Waals surface area contributed by atoms with Gasteiger partial charge in [-0.2, -0.15) is 13.2 Å². The van der Waals surface area contributed by atoms with Crippen molar-refractivity contribution in [2.75, 3.05) is 0 Å². The molecule has 0 amide bonds. The van der Waals surface area contributed by atoms with E-state index in [1.807, 2.05) is 0 Å². The SMILES string of the molecule is Oc1cccc(Oc2c(F)cc(C(F)(F)F)cc2F)c1. The second-order valence-corrected chi connectivity index (χ2v) is 3.87. The molecule has 7 heteroatoms. The van der Waals surface area contributed by atoms with Crippen LogP contribution in [-0.4, -0.2) is 5.11 Å². The molecule has 0 aliphatic rings. The predicted molar refractivity (Wildman–Crippen MR) is 59.5 cm³/mol. The molecule has 0 atom stereocenters. The summed E-state index contributed by atoms with van der Waals surface area (Å²) in [6.45, 7) is 0. The van der Waals surface area contributed by atoms with E-state index in [0.717, 1.165) is 6.07 Å². The molecular formula is C13H7F5O2. The Bertz CT molecular complexity index is 614. The van der Waals surface area contributed by atoms with Crippen LogP contribution in [0.4, 0.5) is 22.0 Å². The fourth-order valence-electron chi connectivity index (χ4n) is 1.49. The minimum Gasteiger partial charge on any atom is -0.508 e. The topological polar surface area (TPSA) is 29.5 Å². The number of rotatable bonds is 2. The summed E-state index contributed by atoms with van der Waals surface area (Å²) in [6, 6.07) is 5.28. The molecule has 2 rings (SSSR count). The van der Waals surface area contributed by atoms with Crippen molar-refractivity contribution in [3.8, 4) is 17.2 Å². The van der Waals surface area contributed by atoms with E-state index in [4.69, 9.17) is 9.84 Å². The van der Waals surface area contributed by atoms with E-state index >= 15 is 0 Å². The molecule has 0 heterocycles. The summed E-state index contributed by atoms with van der Waals surface area (Å²) in [5.41, 5.74) is -1.45. The predicted octanol–water partition coefficient (Wildman–Crippen LogP) is 4.48. The normalized spacial score (nSPS) is 11.4. The second kappa shape index (κ2) is 4.99. The van der Waals surface area contributed by atoms with Gasteiger partial charge in [-0.15, -0.1) is 0 Å². The lowest BCUT2D eigenvalue weighted by molar-refractivity contribution is -0.138. The third kappa shape index (κ3) is 2.98. The van der Waals surface area contributed by atoms with E-state index in [-0.39, 0.29) is 23.6 Å². The maximum Gasteiger partial charge on any atom is 0.416 e. The number of ether oxygens (including phenoxy) is 1. The molecule has 106 valence electrons. The van der Waals surface area contributed by atoms with E-state index in [1.165, 1.54) is 18.2 Å². The van der Waals surface area contributed by atoms with Crippen LogP contribution in [-0.2, 0) is 6.18 Å². The first-order valence-electron chi connectivity index (χ1n) is 5.30. The number of benzene rings is 2. The monoisotopic (exact) mass is 290 g/mol. The van der Waals surface area contributed by atoms with Gasteiger partial charge in [-0.25, -0.2) is 8.78 Å². The molecule has 0 bridgehead atoms. The Kier molecular flexibility index (Phi) is 3.52. The van der Waals surface area contributed by atoms with Crippen LogP contribution in [0.25, 0.3) is 0 Å². The number of halogens is 5. The van der Waals surface area contributed by atoms with Gasteiger partial charge in [-0.3, -0.25) is 0 Å². The Morgan fingerprint density at radius 2 is 1.55 bits per heavy atom. The van der Waals surface area contributed by atoms with Crippen molar-refractivity contribution in [2.45, 2.75) is 6.18 Å². The van der Waals surface area contributed by atoms with Crippen LogP contribution in [0.3, 0.4) is 0 Å². The van der Waals surface area contributed by atoms with Gasteiger partial charge in [0.1, 0.15) is 11.5 Å². The van der Waals surface area contributed by atoms with Crippen molar-refractivity contribution < 1.29 is 31.8 Å². The van der Waals surface area contributed by atoms with Crippen molar-refractivity contribution in [3.05, 3.63) is 53.6 Å². The maximum absolute atomic E-state index is 13.5. The van der Waals surface area contributed by atoms with Crippen molar-refractivity contribution in [2.24, 2.45) is 0 Å². The number of alkyl halides is 3. The number of phenols is 1. The largest absolute Gasteiger partial charge is 0.508 e. The van der Waals surface area contributed by atoms with Gasteiger partial charge in [0.2, 0.25) is 0 Å². The van der Waals surface area contributed by atoms with Gasteiger partial charge >= 0.3 is 6.18 Å². The molecule has 20 heavy (non-hydrogen) atoms. The first-order valence-corrected chi connectivity index (χ1v) is 5.30. The smallest absolute Gasteiger partial charge is 0.416 e. The Morgan fingerprint density at radius 3 is 2.05 bits per heavy atom. The molecule has 0 aromatic heterocycles. The zero-order valence-electron chi connectivity index (χ0n) is 9.71. The zero-order chi connectivity index (χ0) is 14.9. The average molecular weight is 290 g/mol. The third-order valence-electron chi connectivity index (χ3n) is 2.36. The molecule has 0 radical (unpaired) electrons. The molecule has 2 aromatic carbocycles. The molecule has 1 N–H and O–H groups in total. The lowest BCUT2D eigenvalue weighted by Gasteiger charge is -2.11. The minimum absolute atomic E-state index is 0.109. The third-order valence-corrected chi connectivity index (χ3v) is 2.36. The maximum atomic E-state index is 13.5. The highest BCUT2D eigenvalue weighted by Crippen LogP contribution is 2.35. The molecule has 0 aliphatic carbocycles. The molecule has 0 saturated carbocycles. The molecule has 0 fully saturated rings. The Hall–Kier alpha value is -2.31. The van der Waals surface area contributed by atoms with Crippen LogP contribution < -0.4 is 4.74 Å². The lowest BCUT2D eigenvalue weighted by Crippen LogP contribution is -2.07. The highest BCUT2D eigenvalue weighted by Gasteiger charge is 2.33. The van der Waals surface area contributed by atoms with E-state index in [1.54, 1.807) is 0 Å². The molecule has 0 spiro atoms. The van der Waals surface area contributed by atoms with E-state index in [9.17, 15) is 22.0 Å². The summed E-state index contributed by atoms with van der Waals surface area (Å²) in [6.07, 6.45) is -4.86. The van der Waals surface area contributed by atoms with Crippen LogP contribution in [0, 0.1) is 11.6 Å². The van der Waals surface area contributed by atoms with Crippen LogP contribution in [0.2, 0.25) is 0 Å². The van der Waals surface area contributed by atoms with Crippen LogP contribution >= 0.6 is 0 Å².